The first-order chi connectivity index (χ1) is 17.4. The molecular formula is C30H41ClN2O4. The summed E-state index contributed by atoms with van der Waals surface area (Å²) in [5, 5.41) is 16.0. The zero-order valence-corrected chi connectivity index (χ0v) is 23.5. The van der Waals surface area contributed by atoms with E-state index in [-0.39, 0.29) is 17.9 Å². The number of aryl methyl sites for hydroxylation is 1. The molecule has 1 aliphatic heterocycles. The van der Waals surface area contributed by atoms with Crippen molar-refractivity contribution in [2.24, 2.45) is 5.92 Å². The van der Waals surface area contributed by atoms with E-state index in [1.165, 1.54) is 12.5 Å². The van der Waals surface area contributed by atoms with Crippen molar-refractivity contribution in [1.29, 1.82) is 0 Å². The monoisotopic (exact) mass is 528 g/mol. The molecule has 0 radical (unpaired) electrons. The molecule has 2 unspecified atom stereocenters. The van der Waals surface area contributed by atoms with Crippen molar-refractivity contribution in [1.82, 2.24) is 10.2 Å². The van der Waals surface area contributed by atoms with Gasteiger partial charge in [-0.05, 0) is 75.6 Å². The van der Waals surface area contributed by atoms with Gasteiger partial charge in [0.15, 0.2) is 0 Å². The summed E-state index contributed by atoms with van der Waals surface area (Å²) in [5.41, 5.74) is 1.86. The van der Waals surface area contributed by atoms with Gasteiger partial charge in [-0.15, -0.1) is 0 Å². The minimum Gasteiger partial charge on any atom is -0.444 e. The van der Waals surface area contributed by atoms with E-state index in [4.69, 9.17) is 16.3 Å². The SMILES string of the molecule is CCc1cccc(-c2c(Cl)cccc2C(O)(CCCNC(C)=O)C2CCCN(C(=O)OC(C)(C)C)C2)c1. The molecule has 2 amide bonds. The summed E-state index contributed by atoms with van der Waals surface area (Å²) >= 11 is 6.81. The maximum absolute atomic E-state index is 12.9. The number of hydrogen-bond acceptors (Lipinski definition) is 4. The van der Waals surface area contributed by atoms with Gasteiger partial charge in [-0.25, -0.2) is 4.79 Å². The summed E-state index contributed by atoms with van der Waals surface area (Å²) in [5.74, 6) is -0.324. The Morgan fingerprint density at radius 2 is 1.92 bits per heavy atom. The fourth-order valence-corrected chi connectivity index (χ4v) is 5.45. The number of carbonyl (C=O) groups excluding carboxylic acids is 2. The molecule has 202 valence electrons. The Balaban J connectivity index is 2.03. The lowest BCUT2D eigenvalue weighted by atomic mass is 9.72. The first-order valence-electron chi connectivity index (χ1n) is 13.3. The number of piperidine rings is 1. The molecule has 2 N–H and O–H groups in total. The molecule has 1 fully saturated rings. The van der Waals surface area contributed by atoms with E-state index in [0.29, 0.717) is 37.5 Å². The number of likely N-dealkylation sites (tertiary alicyclic amines) is 1. The lowest BCUT2D eigenvalue weighted by Crippen LogP contribution is -2.49. The van der Waals surface area contributed by atoms with Gasteiger partial charge in [0.25, 0.3) is 0 Å². The third kappa shape index (κ3) is 7.48. The Bertz CT molecular complexity index is 1100. The first-order valence-corrected chi connectivity index (χ1v) is 13.7. The number of nitrogens with one attached hydrogen (secondary N) is 1. The number of nitrogens with zero attached hydrogens (tertiary/aromatic N) is 1. The molecule has 6 nitrogen and oxygen atoms in total. The Labute approximate surface area is 226 Å². The van der Waals surface area contributed by atoms with Crippen LogP contribution >= 0.6 is 11.6 Å². The molecule has 2 atom stereocenters. The highest BCUT2D eigenvalue weighted by Crippen LogP contribution is 2.45. The molecule has 2 aromatic rings. The minimum atomic E-state index is -1.26. The van der Waals surface area contributed by atoms with Crippen LogP contribution in [0.15, 0.2) is 42.5 Å². The molecule has 0 spiro atoms. The van der Waals surface area contributed by atoms with Crippen molar-refractivity contribution in [2.75, 3.05) is 19.6 Å². The van der Waals surface area contributed by atoms with E-state index >= 15 is 0 Å². The average molecular weight is 529 g/mol. The van der Waals surface area contributed by atoms with Crippen molar-refractivity contribution in [3.05, 3.63) is 58.6 Å². The molecule has 1 saturated heterocycles. The van der Waals surface area contributed by atoms with Gasteiger partial charge in [-0.2, -0.15) is 0 Å². The van der Waals surface area contributed by atoms with Gasteiger partial charge in [-0.1, -0.05) is 54.9 Å². The van der Waals surface area contributed by atoms with Crippen molar-refractivity contribution in [3.8, 4) is 11.1 Å². The average Bonchev–Trinajstić information content (AvgIpc) is 2.85. The van der Waals surface area contributed by atoms with Crippen molar-refractivity contribution in [2.45, 2.75) is 77.9 Å². The molecule has 1 aliphatic rings. The van der Waals surface area contributed by atoms with E-state index in [1.807, 2.05) is 51.1 Å². The van der Waals surface area contributed by atoms with Gasteiger partial charge in [-0.3, -0.25) is 4.79 Å². The number of rotatable bonds is 8. The maximum atomic E-state index is 12.9. The summed E-state index contributed by atoms with van der Waals surface area (Å²) in [4.78, 5) is 26.1. The van der Waals surface area contributed by atoms with Gasteiger partial charge in [0.2, 0.25) is 5.91 Å². The molecule has 1 heterocycles. The van der Waals surface area contributed by atoms with Crippen LogP contribution in [0.25, 0.3) is 11.1 Å². The minimum absolute atomic E-state index is 0.0999. The Kier molecular flexibility index (Phi) is 9.65. The fraction of sp³-hybridized carbons (Fsp3) is 0.533. The van der Waals surface area contributed by atoms with Crippen LogP contribution in [0.4, 0.5) is 4.79 Å². The van der Waals surface area contributed by atoms with Gasteiger partial charge < -0.3 is 20.1 Å². The Hall–Kier alpha value is -2.57. The fourth-order valence-electron chi connectivity index (χ4n) is 5.17. The van der Waals surface area contributed by atoms with Crippen molar-refractivity contribution < 1.29 is 19.4 Å². The van der Waals surface area contributed by atoms with Crippen LogP contribution in [0.3, 0.4) is 0 Å². The third-order valence-electron chi connectivity index (χ3n) is 6.96. The smallest absolute Gasteiger partial charge is 0.410 e. The molecule has 3 rings (SSSR count). The zero-order valence-electron chi connectivity index (χ0n) is 22.8. The topological polar surface area (TPSA) is 78.9 Å². The number of halogens is 1. The van der Waals surface area contributed by atoms with Gasteiger partial charge in [0, 0.05) is 43.1 Å². The number of aliphatic hydroxyl groups is 1. The summed E-state index contributed by atoms with van der Waals surface area (Å²) in [6, 6.07) is 13.9. The highest BCUT2D eigenvalue weighted by Gasteiger charge is 2.43. The van der Waals surface area contributed by atoms with E-state index < -0.39 is 11.2 Å². The predicted molar refractivity (Wildman–Crippen MR) is 149 cm³/mol. The second-order valence-corrected chi connectivity index (χ2v) is 11.4. The quantitative estimate of drug-likeness (QED) is 0.393. The number of hydrogen-bond donors (Lipinski definition) is 2. The van der Waals surface area contributed by atoms with Crippen LogP contribution in [0.1, 0.15) is 71.4 Å². The highest BCUT2D eigenvalue weighted by atomic mass is 35.5. The predicted octanol–water partition coefficient (Wildman–Crippen LogP) is 6.32. The Morgan fingerprint density at radius 1 is 1.19 bits per heavy atom. The molecule has 0 bridgehead atoms. The molecular weight excluding hydrogens is 488 g/mol. The van der Waals surface area contributed by atoms with Crippen LogP contribution in [0, 0.1) is 5.92 Å². The summed E-state index contributed by atoms with van der Waals surface area (Å²) < 4.78 is 5.64. The number of ether oxygens (including phenoxy) is 1. The van der Waals surface area contributed by atoms with Crippen LogP contribution in [-0.2, 0) is 21.6 Å². The third-order valence-corrected chi connectivity index (χ3v) is 7.28. The van der Waals surface area contributed by atoms with Crippen LogP contribution in [-0.4, -0.2) is 47.2 Å². The van der Waals surface area contributed by atoms with Crippen molar-refractivity contribution in [3.63, 3.8) is 0 Å². The van der Waals surface area contributed by atoms with E-state index in [2.05, 4.69) is 24.4 Å². The van der Waals surface area contributed by atoms with E-state index in [1.54, 1.807) is 4.90 Å². The number of amides is 2. The zero-order chi connectivity index (χ0) is 27.2. The van der Waals surface area contributed by atoms with E-state index in [9.17, 15) is 14.7 Å². The molecule has 7 heteroatoms. The number of benzene rings is 2. The normalized spacial score (nSPS) is 17.7. The second kappa shape index (κ2) is 12.3. The Morgan fingerprint density at radius 3 is 2.59 bits per heavy atom. The van der Waals surface area contributed by atoms with E-state index in [0.717, 1.165) is 36.0 Å². The standard InChI is InChI=1S/C30H41ClN2O4/c1-6-22-11-7-12-23(19-22)27-25(14-8-15-26(27)31)30(36,16-10-17-32-21(2)34)24-13-9-18-33(20-24)28(35)37-29(3,4)5/h7-8,11-12,14-15,19,24,36H,6,9-10,13,16-18,20H2,1-5H3,(H,32,34). The summed E-state index contributed by atoms with van der Waals surface area (Å²) in [7, 11) is 0. The van der Waals surface area contributed by atoms with Crippen molar-refractivity contribution >= 4 is 23.6 Å². The largest absolute Gasteiger partial charge is 0.444 e. The lowest BCUT2D eigenvalue weighted by Gasteiger charge is -2.44. The molecule has 2 aromatic carbocycles. The molecule has 0 aliphatic carbocycles. The lowest BCUT2D eigenvalue weighted by molar-refractivity contribution is -0.119. The number of carbonyl (C=O) groups is 2. The molecule has 0 aromatic heterocycles. The first kappa shape index (κ1) is 29.0. The van der Waals surface area contributed by atoms with Gasteiger partial charge in [0.1, 0.15) is 5.60 Å². The summed E-state index contributed by atoms with van der Waals surface area (Å²) in [6.07, 6.45) is 3.05. The molecule has 0 saturated carbocycles. The summed E-state index contributed by atoms with van der Waals surface area (Å²) in [6.45, 7) is 10.6. The van der Waals surface area contributed by atoms with Crippen LogP contribution in [0.5, 0.6) is 0 Å². The van der Waals surface area contributed by atoms with Gasteiger partial charge in [0.05, 0.1) is 5.60 Å². The maximum Gasteiger partial charge on any atom is 0.410 e. The second-order valence-electron chi connectivity index (χ2n) is 11.0. The van der Waals surface area contributed by atoms with Crippen LogP contribution < -0.4 is 5.32 Å². The highest BCUT2D eigenvalue weighted by molar-refractivity contribution is 6.33. The molecule has 37 heavy (non-hydrogen) atoms. The van der Waals surface area contributed by atoms with Crippen LogP contribution in [0.2, 0.25) is 5.02 Å². The van der Waals surface area contributed by atoms with Gasteiger partial charge >= 0.3 is 6.09 Å².